The van der Waals surface area contributed by atoms with Gasteiger partial charge in [-0.05, 0) is 19.3 Å². The Morgan fingerprint density at radius 3 is 1.53 bits per heavy atom. The lowest BCUT2D eigenvalue weighted by atomic mass is 9.92. The first-order valence-corrected chi connectivity index (χ1v) is 16.7. The number of hydrogen-bond donors (Lipinski definition) is 2. The molecule has 0 bridgehead atoms. The van der Waals surface area contributed by atoms with Crippen LogP contribution < -0.4 is 5.32 Å². The Balaban J connectivity index is 4.18. The number of carbonyl (C=O) groups is 2. The third-order valence-electron chi connectivity index (χ3n) is 7.57. The number of hydrogen-bond acceptors (Lipinski definition) is 4. The molecule has 1 atom stereocenters. The molecular formula is C33H65NO4. The SMILES string of the molecule is CCCCCCCCCCCCCC(=O)C(CCCCCCCCCCCC)C(=O)NCCOCCCO. The normalized spacial score (nSPS) is 12.1. The van der Waals surface area contributed by atoms with E-state index in [2.05, 4.69) is 19.2 Å². The van der Waals surface area contributed by atoms with Gasteiger partial charge in [0, 0.05) is 26.2 Å². The number of nitrogens with one attached hydrogen (secondary N) is 1. The highest BCUT2D eigenvalue weighted by Crippen LogP contribution is 2.18. The number of aliphatic hydroxyl groups excluding tert-OH is 1. The van der Waals surface area contributed by atoms with Gasteiger partial charge in [-0.1, -0.05) is 142 Å². The maximum atomic E-state index is 13.0. The largest absolute Gasteiger partial charge is 0.396 e. The Labute approximate surface area is 236 Å². The number of rotatable bonds is 31. The number of ketones is 1. The van der Waals surface area contributed by atoms with Crippen molar-refractivity contribution in [1.29, 1.82) is 0 Å². The van der Waals surface area contributed by atoms with Gasteiger partial charge in [0.05, 0.1) is 12.5 Å². The van der Waals surface area contributed by atoms with Gasteiger partial charge in [0.15, 0.2) is 0 Å². The smallest absolute Gasteiger partial charge is 0.230 e. The summed E-state index contributed by atoms with van der Waals surface area (Å²) in [7, 11) is 0. The fourth-order valence-electron chi connectivity index (χ4n) is 5.05. The fraction of sp³-hybridized carbons (Fsp3) is 0.939. The molecule has 0 aliphatic carbocycles. The van der Waals surface area contributed by atoms with Crippen LogP contribution in [0.3, 0.4) is 0 Å². The third kappa shape index (κ3) is 25.3. The maximum Gasteiger partial charge on any atom is 0.230 e. The van der Waals surface area contributed by atoms with Crippen molar-refractivity contribution in [2.45, 2.75) is 168 Å². The quantitative estimate of drug-likeness (QED) is 0.0682. The average Bonchev–Trinajstić information content (AvgIpc) is 2.92. The van der Waals surface area contributed by atoms with Crippen molar-refractivity contribution in [3.05, 3.63) is 0 Å². The van der Waals surface area contributed by atoms with E-state index in [1.165, 1.54) is 109 Å². The molecule has 0 fully saturated rings. The Kier molecular flexibility index (Phi) is 29.8. The van der Waals surface area contributed by atoms with Crippen molar-refractivity contribution in [3.63, 3.8) is 0 Å². The molecule has 0 heterocycles. The van der Waals surface area contributed by atoms with Crippen LogP contribution in [0.25, 0.3) is 0 Å². The zero-order valence-electron chi connectivity index (χ0n) is 25.5. The Morgan fingerprint density at radius 2 is 1.05 bits per heavy atom. The van der Waals surface area contributed by atoms with Crippen molar-refractivity contribution >= 4 is 11.7 Å². The zero-order valence-corrected chi connectivity index (χ0v) is 25.5. The van der Waals surface area contributed by atoms with E-state index in [1.807, 2.05) is 0 Å². The van der Waals surface area contributed by atoms with Crippen LogP contribution in [0.2, 0.25) is 0 Å². The summed E-state index contributed by atoms with van der Waals surface area (Å²) in [6.45, 7) is 5.96. The Hall–Kier alpha value is -0.940. The molecule has 0 aromatic rings. The van der Waals surface area contributed by atoms with Crippen LogP contribution in [0.15, 0.2) is 0 Å². The fourth-order valence-corrected chi connectivity index (χ4v) is 5.05. The predicted molar refractivity (Wildman–Crippen MR) is 162 cm³/mol. The summed E-state index contributed by atoms with van der Waals surface area (Å²) in [6, 6.07) is 0. The van der Waals surface area contributed by atoms with Gasteiger partial charge in [-0.15, -0.1) is 0 Å². The van der Waals surface area contributed by atoms with Crippen molar-refractivity contribution in [2.24, 2.45) is 5.92 Å². The number of aliphatic hydroxyl groups is 1. The van der Waals surface area contributed by atoms with Gasteiger partial charge in [0.2, 0.25) is 5.91 Å². The first kappa shape index (κ1) is 37.1. The minimum absolute atomic E-state index is 0.112. The minimum atomic E-state index is -0.510. The lowest BCUT2D eigenvalue weighted by Gasteiger charge is -2.16. The lowest BCUT2D eigenvalue weighted by Crippen LogP contribution is -2.37. The highest BCUT2D eigenvalue weighted by molar-refractivity contribution is 6.01. The van der Waals surface area contributed by atoms with Crippen LogP contribution in [0.4, 0.5) is 0 Å². The molecule has 0 aliphatic heterocycles. The van der Waals surface area contributed by atoms with E-state index in [-0.39, 0.29) is 18.3 Å². The first-order valence-electron chi connectivity index (χ1n) is 16.7. The zero-order chi connectivity index (χ0) is 27.9. The highest BCUT2D eigenvalue weighted by Gasteiger charge is 2.25. The van der Waals surface area contributed by atoms with E-state index >= 15 is 0 Å². The van der Waals surface area contributed by atoms with Gasteiger partial charge < -0.3 is 15.2 Å². The summed E-state index contributed by atoms with van der Waals surface area (Å²) >= 11 is 0. The molecule has 0 rings (SSSR count). The molecule has 1 amide bonds. The summed E-state index contributed by atoms with van der Waals surface area (Å²) in [5, 5.41) is 11.8. The average molecular weight is 540 g/mol. The summed E-state index contributed by atoms with van der Waals surface area (Å²) in [5.74, 6) is -0.514. The standard InChI is InChI=1S/C33H65NO4/c1-3-5-7-9-11-13-15-17-19-21-23-26-32(36)31(33(37)34-27-30-38-29-24-28-35)25-22-20-18-16-14-12-10-8-6-4-2/h31,35H,3-30H2,1-2H3,(H,34,37). The molecule has 5 nitrogen and oxygen atoms in total. The van der Waals surface area contributed by atoms with E-state index in [1.54, 1.807) is 0 Å². The number of ether oxygens (including phenoxy) is 1. The van der Waals surface area contributed by atoms with Gasteiger partial charge in [0.1, 0.15) is 5.78 Å². The van der Waals surface area contributed by atoms with Crippen molar-refractivity contribution in [3.8, 4) is 0 Å². The molecule has 0 saturated heterocycles. The Morgan fingerprint density at radius 1 is 0.605 bits per heavy atom. The van der Waals surface area contributed by atoms with E-state index in [0.29, 0.717) is 39.0 Å². The van der Waals surface area contributed by atoms with Gasteiger partial charge >= 0.3 is 0 Å². The van der Waals surface area contributed by atoms with E-state index < -0.39 is 5.92 Å². The third-order valence-corrected chi connectivity index (χ3v) is 7.57. The van der Waals surface area contributed by atoms with E-state index in [0.717, 1.165) is 25.7 Å². The topological polar surface area (TPSA) is 75.6 Å². The van der Waals surface area contributed by atoms with Crippen LogP contribution in [0, 0.1) is 5.92 Å². The summed E-state index contributed by atoms with van der Waals surface area (Å²) in [6.07, 6.45) is 28.2. The number of Topliss-reactive ketones (excluding diaryl/α,β-unsaturated/α-hetero) is 1. The van der Waals surface area contributed by atoms with Crippen LogP contribution in [-0.4, -0.2) is 43.2 Å². The maximum absolute atomic E-state index is 13.0. The second-order valence-corrected chi connectivity index (χ2v) is 11.3. The van der Waals surface area contributed by atoms with Gasteiger partial charge in [-0.3, -0.25) is 9.59 Å². The molecule has 226 valence electrons. The second-order valence-electron chi connectivity index (χ2n) is 11.3. The molecule has 5 heteroatoms. The second kappa shape index (κ2) is 30.6. The number of amides is 1. The molecule has 0 saturated carbocycles. The van der Waals surface area contributed by atoms with Crippen molar-refractivity contribution in [1.82, 2.24) is 5.32 Å². The van der Waals surface area contributed by atoms with E-state index in [9.17, 15) is 9.59 Å². The summed E-state index contributed by atoms with van der Waals surface area (Å²) in [4.78, 5) is 25.8. The van der Waals surface area contributed by atoms with Gasteiger partial charge in [-0.25, -0.2) is 0 Å². The molecule has 38 heavy (non-hydrogen) atoms. The lowest BCUT2D eigenvalue weighted by molar-refractivity contribution is -0.134. The van der Waals surface area contributed by atoms with Crippen LogP contribution >= 0.6 is 0 Å². The van der Waals surface area contributed by atoms with Crippen LogP contribution in [-0.2, 0) is 14.3 Å². The van der Waals surface area contributed by atoms with Crippen LogP contribution in [0.1, 0.15) is 168 Å². The van der Waals surface area contributed by atoms with Crippen LogP contribution in [0.5, 0.6) is 0 Å². The molecule has 2 N–H and O–H groups in total. The van der Waals surface area contributed by atoms with Gasteiger partial charge in [-0.2, -0.15) is 0 Å². The van der Waals surface area contributed by atoms with Crippen molar-refractivity contribution < 1.29 is 19.4 Å². The summed E-state index contributed by atoms with van der Waals surface area (Å²) < 4.78 is 5.42. The number of unbranched alkanes of at least 4 members (excludes halogenated alkanes) is 19. The molecular weight excluding hydrogens is 474 g/mol. The predicted octanol–water partition coefficient (Wildman–Crippen LogP) is 8.70. The van der Waals surface area contributed by atoms with E-state index in [4.69, 9.17) is 9.84 Å². The van der Waals surface area contributed by atoms with Crippen molar-refractivity contribution in [2.75, 3.05) is 26.4 Å². The highest BCUT2D eigenvalue weighted by atomic mass is 16.5. The molecule has 0 aliphatic rings. The minimum Gasteiger partial charge on any atom is -0.396 e. The molecule has 0 aromatic heterocycles. The Bertz CT molecular complexity index is 511. The molecule has 0 radical (unpaired) electrons. The molecule has 0 spiro atoms. The molecule has 0 aromatic carbocycles. The first-order chi connectivity index (χ1) is 18.7. The monoisotopic (exact) mass is 539 g/mol. The summed E-state index contributed by atoms with van der Waals surface area (Å²) in [5.41, 5.74) is 0. The molecule has 1 unspecified atom stereocenters. The number of carbonyl (C=O) groups excluding carboxylic acids is 2. The van der Waals surface area contributed by atoms with Gasteiger partial charge in [0.25, 0.3) is 0 Å².